The minimum Gasteiger partial charge on any atom is -0.481 e. The predicted molar refractivity (Wildman–Crippen MR) is 128 cm³/mol. The average Bonchev–Trinajstić information content (AvgIpc) is 3.54. The number of aliphatic carboxylic acids is 1. The molecule has 3 atom stereocenters. The molecule has 1 aromatic rings. The quantitative estimate of drug-likeness (QED) is 0.436. The van der Waals surface area contributed by atoms with Crippen LogP contribution in [0.2, 0.25) is 0 Å². The van der Waals surface area contributed by atoms with E-state index in [2.05, 4.69) is 10.6 Å². The topological polar surface area (TPSA) is 133 Å². The highest BCUT2D eigenvalue weighted by molar-refractivity contribution is 6.21. The Labute approximate surface area is 205 Å². The van der Waals surface area contributed by atoms with Gasteiger partial charge in [0, 0.05) is 12.6 Å². The number of amides is 4. The minimum atomic E-state index is -1.33. The Morgan fingerprint density at radius 1 is 1.00 bits per heavy atom. The first-order chi connectivity index (χ1) is 16.3. The van der Waals surface area contributed by atoms with Gasteiger partial charge in [0.05, 0.1) is 23.0 Å². The molecular weight excluding hydrogens is 450 g/mol. The number of hydrogen-bond donors (Lipinski definition) is 3. The predicted octanol–water partition coefficient (Wildman–Crippen LogP) is 2.46. The van der Waals surface area contributed by atoms with Crippen molar-refractivity contribution in [3.05, 3.63) is 35.4 Å². The number of nitrogens with zero attached hydrogens (tertiary/aromatic N) is 1. The van der Waals surface area contributed by atoms with Crippen LogP contribution in [0.15, 0.2) is 24.3 Å². The maximum absolute atomic E-state index is 13.5. The van der Waals surface area contributed by atoms with Gasteiger partial charge in [-0.2, -0.15) is 0 Å². The molecule has 1 fully saturated rings. The van der Waals surface area contributed by atoms with E-state index in [1.807, 2.05) is 34.6 Å². The van der Waals surface area contributed by atoms with Crippen molar-refractivity contribution in [3.8, 4) is 0 Å². The molecule has 0 bridgehead atoms. The lowest BCUT2D eigenvalue weighted by atomic mass is 9.82. The Bertz CT molecular complexity index is 989. The van der Waals surface area contributed by atoms with Gasteiger partial charge in [0.25, 0.3) is 11.8 Å². The Hall–Kier alpha value is -3.23. The zero-order chi connectivity index (χ0) is 26.1. The van der Waals surface area contributed by atoms with E-state index in [9.17, 15) is 29.1 Å². The number of benzene rings is 1. The summed E-state index contributed by atoms with van der Waals surface area (Å²) in [5, 5.41) is 15.8. The summed E-state index contributed by atoms with van der Waals surface area (Å²) in [5.74, 6) is -5.71. The zero-order valence-corrected chi connectivity index (χ0v) is 21.0. The molecule has 3 unspecified atom stereocenters. The van der Waals surface area contributed by atoms with Gasteiger partial charge in [-0.25, -0.2) is 0 Å². The van der Waals surface area contributed by atoms with E-state index in [1.165, 1.54) is 12.1 Å². The van der Waals surface area contributed by atoms with Crippen LogP contribution in [0.4, 0.5) is 0 Å². The molecule has 0 saturated heterocycles. The summed E-state index contributed by atoms with van der Waals surface area (Å²) in [5.41, 5.74) is -0.176. The minimum absolute atomic E-state index is 0.0387. The van der Waals surface area contributed by atoms with Gasteiger partial charge < -0.3 is 15.7 Å². The van der Waals surface area contributed by atoms with E-state index in [0.717, 1.165) is 17.7 Å². The normalized spacial score (nSPS) is 18.2. The number of hydrogen-bond acceptors (Lipinski definition) is 5. The molecule has 1 aromatic carbocycles. The molecule has 1 aliphatic carbocycles. The Morgan fingerprint density at radius 2 is 1.54 bits per heavy atom. The summed E-state index contributed by atoms with van der Waals surface area (Å²) < 4.78 is 0. The van der Waals surface area contributed by atoms with Crippen molar-refractivity contribution in [2.45, 2.75) is 66.0 Å². The SMILES string of the molecule is CC(C)CC(C(=O)NC(C(=O)NC1CC1)C(C)(C)C)C(CN1C(=O)c2ccccc2C1=O)C(=O)O. The molecule has 35 heavy (non-hydrogen) atoms. The fourth-order valence-corrected chi connectivity index (χ4v) is 4.38. The second-order valence-electron chi connectivity index (χ2n) is 11.0. The highest BCUT2D eigenvalue weighted by Gasteiger charge is 2.44. The molecule has 9 heteroatoms. The number of carbonyl (C=O) groups is 5. The van der Waals surface area contributed by atoms with Crippen molar-refractivity contribution in [1.82, 2.24) is 15.5 Å². The molecule has 9 nitrogen and oxygen atoms in total. The molecule has 3 rings (SSSR count). The lowest BCUT2D eigenvalue weighted by Crippen LogP contribution is -2.56. The van der Waals surface area contributed by atoms with Crippen LogP contribution in [0.5, 0.6) is 0 Å². The molecule has 3 N–H and O–H groups in total. The Balaban J connectivity index is 1.85. The third-order valence-electron chi connectivity index (χ3n) is 6.46. The average molecular weight is 486 g/mol. The van der Waals surface area contributed by atoms with Gasteiger partial charge in [-0.15, -0.1) is 0 Å². The first kappa shape index (κ1) is 26.4. The first-order valence-electron chi connectivity index (χ1n) is 12.1. The van der Waals surface area contributed by atoms with E-state index in [-0.39, 0.29) is 35.4 Å². The number of carboxylic acids is 1. The van der Waals surface area contributed by atoms with Crippen molar-refractivity contribution >= 4 is 29.6 Å². The number of imide groups is 1. The van der Waals surface area contributed by atoms with Crippen LogP contribution in [0.25, 0.3) is 0 Å². The van der Waals surface area contributed by atoms with Crippen LogP contribution >= 0.6 is 0 Å². The van der Waals surface area contributed by atoms with E-state index < -0.39 is 53.5 Å². The van der Waals surface area contributed by atoms with Gasteiger partial charge >= 0.3 is 5.97 Å². The molecule has 1 heterocycles. The summed E-state index contributed by atoms with van der Waals surface area (Å²) in [6.07, 6.45) is 2.01. The number of nitrogens with one attached hydrogen (secondary N) is 2. The molecule has 1 aliphatic heterocycles. The van der Waals surface area contributed by atoms with Gasteiger partial charge in [0.15, 0.2) is 0 Å². The van der Waals surface area contributed by atoms with Crippen molar-refractivity contribution in [2.75, 3.05) is 6.54 Å². The van der Waals surface area contributed by atoms with E-state index in [4.69, 9.17) is 0 Å². The molecule has 4 amide bonds. The van der Waals surface area contributed by atoms with Gasteiger partial charge in [0.2, 0.25) is 11.8 Å². The second-order valence-corrected chi connectivity index (χ2v) is 11.0. The van der Waals surface area contributed by atoms with Crippen LogP contribution in [-0.4, -0.2) is 58.2 Å². The van der Waals surface area contributed by atoms with E-state index >= 15 is 0 Å². The number of fused-ring (bicyclic) bond motifs is 1. The van der Waals surface area contributed by atoms with Gasteiger partial charge in [-0.1, -0.05) is 46.8 Å². The summed E-state index contributed by atoms with van der Waals surface area (Å²) >= 11 is 0. The number of carboxylic acid groups (broad SMARTS) is 1. The second kappa shape index (κ2) is 10.2. The van der Waals surface area contributed by atoms with Crippen LogP contribution in [0.3, 0.4) is 0 Å². The van der Waals surface area contributed by atoms with Crippen LogP contribution in [-0.2, 0) is 14.4 Å². The third kappa shape index (κ3) is 6.07. The maximum atomic E-state index is 13.5. The Kier molecular flexibility index (Phi) is 7.67. The molecule has 0 aromatic heterocycles. The Morgan fingerprint density at radius 3 is 1.97 bits per heavy atom. The lowest BCUT2D eigenvalue weighted by Gasteiger charge is -2.33. The summed E-state index contributed by atoms with van der Waals surface area (Å²) in [6.45, 7) is 8.78. The summed E-state index contributed by atoms with van der Waals surface area (Å²) in [6, 6.07) is 5.56. The fourth-order valence-electron chi connectivity index (χ4n) is 4.38. The fraction of sp³-hybridized carbons (Fsp3) is 0.577. The molecule has 2 aliphatic rings. The highest BCUT2D eigenvalue weighted by atomic mass is 16.4. The number of rotatable bonds is 10. The van der Waals surface area contributed by atoms with E-state index in [1.54, 1.807) is 12.1 Å². The highest BCUT2D eigenvalue weighted by Crippen LogP contribution is 2.29. The van der Waals surface area contributed by atoms with Crippen molar-refractivity contribution in [3.63, 3.8) is 0 Å². The zero-order valence-electron chi connectivity index (χ0n) is 21.0. The molecule has 0 radical (unpaired) electrons. The summed E-state index contributed by atoms with van der Waals surface area (Å²) in [7, 11) is 0. The molecule has 1 saturated carbocycles. The lowest BCUT2D eigenvalue weighted by molar-refractivity contribution is -0.148. The van der Waals surface area contributed by atoms with Crippen LogP contribution < -0.4 is 10.6 Å². The number of carbonyl (C=O) groups excluding carboxylic acids is 4. The van der Waals surface area contributed by atoms with Crippen molar-refractivity contribution < 1.29 is 29.1 Å². The van der Waals surface area contributed by atoms with Gasteiger partial charge in [0.1, 0.15) is 6.04 Å². The van der Waals surface area contributed by atoms with Crippen molar-refractivity contribution in [2.24, 2.45) is 23.2 Å². The van der Waals surface area contributed by atoms with Gasteiger partial charge in [-0.3, -0.25) is 28.9 Å². The standard InChI is InChI=1S/C26H35N3O6/c1-14(2)12-18(21(30)28-20(26(3,4)5)22(31)27-15-10-11-15)19(25(34)35)13-29-23(32)16-8-6-7-9-17(16)24(29)33/h6-9,14-15,18-20H,10-13H2,1-5H3,(H,27,31)(H,28,30)(H,34,35). The smallest absolute Gasteiger partial charge is 0.309 e. The van der Waals surface area contributed by atoms with E-state index in [0.29, 0.717) is 0 Å². The van der Waals surface area contributed by atoms with Crippen LogP contribution in [0, 0.1) is 23.2 Å². The monoisotopic (exact) mass is 485 g/mol. The largest absolute Gasteiger partial charge is 0.481 e. The third-order valence-corrected chi connectivity index (χ3v) is 6.46. The van der Waals surface area contributed by atoms with Crippen LogP contribution in [0.1, 0.15) is 74.6 Å². The van der Waals surface area contributed by atoms with Gasteiger partial charge in [-0.05, 0) is 42.7 Å². The first-order valence-corrected chi connectivity index (χ1v) is 12.1. The molecule has 0 spiro atoms. The van der Waals surface area contributed by atoms with Crippen molar-refractivity contribution in [1.29, 1.82) is 0 Å². The molecular formula is C26H35N3O6. The summed E-state index contributed by atoms with van der Waals surface area (Å²) in [4.78, 5) is 65.3. The molecule has 190 valence electrons. The maximum Gasteiger partial charge on any atom is 0.309 e.